The Bertz CT molecular complexity index is 733. The highest BCUT2D eigenvalue weighted by Gasteiger charge is 2.11. The Morgan fingerprint density at radius 1 is 1.04 bits per heavy atom. The van der Waals surface area contributed by atoms with E-state index in [-0.39, 0.29) is 6.03 Å². The molecule has 6 nitrogen and oxygen atoms in total. The zero-order chi connectivity index (χ0) is 17.5. The molecule has 0 bridgehead atoms. The molecule has 132 valence electrons. The first kappa shape index (κ1) is 17.0. The lowest BCUT2D eigenvalue weighted by Crippen LogP contribution is -2.34. The number of carbonyl (C=O) groups is 1. The van der Waals surface area contributed by atoms with Crippen LogP contribution in [-0.2, 0) is 13.1 Å². The molecule has 2 N–H and O–H groups in total. The fourth-order valence-electron chi connectivity index (χ4n) is 2.59. The van der Waals surface area contributed by atoms with Gasteiger partial charge in [0.05, 0.1) is 20.3 Å². The number of para-hydroxylation sites is 1. The van der Waals surface area contributed by atoms with Crippen molar-refractivity contribution in [2.75, 3.05) is 20.3 Å². The zero-order valence-corrected chi connectivity index (χ0v) is 14.2. The summed E-state index contributed by atoms with van der Waals surface area (Å²) in [7, 11) is 1.61. The molecule has 2 aromatic rings. The summed E-state index contributed by atoms with van der Waals surface area (Å²) >= 11 is 0. The van der Waals surface area contributed by atoms with Crippen LogP contribution in [0.3, 0.4) is 0 Å². The normalized spacial score (nSPS) is 12.8. The third-order valence-corrected chi connectivity index (χ3v) is 3.90. The van der Waals surface area contributed by atoms with Crippen molar-refractivity contribution in [2.24, 2.45) is 0 Å². The van der Waals surface area contributed by atoms with Gasteiger partial charge in [-0.1, -0.05) is 24.3 Å². The molecular weight excluding hydrogens is 320 g/mol. The van der Waals surface area contributed by atoms with E-state index in [0.717, 1.165) is 34.8 Å². The highest BCUT2D eigenvalue weighted by Crippen LogP contribution is 2.30. The SMILES string of the molecule is COc1ccccc1CNC(=O)NCc1ccc2c(c1)OCCCO2. The number of hydrogen-bond acceptors (Lipinski definition) is 4. The lowest BCUT2D eigenvalue weighted by molar-refractivity contribution is 0.240. The Morgan fingerprint density at radius 2 is 1.80 bits per heavy atom. The summed E-state index contributed by atoms with van der Waals surface area (Å²) in [5.41, 5.74) is 1.88. The van der Waals surface area contributed by atoms with Crippen LogP contribution in [0.1, 0.15) is 17.5 Å². The monoisotopic (exact) mass is 342 g/mol. The van der Waals surface area contributed by atoms with Crippen molar-refractivity contribution in [3.63, 3.8) is 0 Å². The highest BCUT2D eigenvalue weighted by atomic mass is 16.5. The van der Waals surface area contributed by atoms with Crippen molar-refractivity contribution >= 4 is 6.03 Å². The molecule has 3 rings (SSSR count). The molecule has 0 aliphatic carbocycles. The minimum Gasteiger partial charge on any atom is -0.496 e. The third kappa shape index (κ3) is 4.56. The van der Waals surface area contributed by atoms with Gasteiger partial charge in [-0.3, -0.25) is 0 Å². The molecule has 0 fully saturated rings. The van der Waals surface area contributed by atoms with E-state index < -0.39 is 0 Å². The van der Waals surface area contributed by atoms with Crippen LogP contribution >= 0.6 is 0 Å². The average Bonchev–Trinajstić information content (AvgIpc) is 2.89. The van der Waals surface area contributed by atoms with Crippen molar-refractivity contribution in [1.29, 1.82) is 0 Å². The summed E-state index contributed by atoms with van der Waals surface area (Å²) in [5.74, 6) is 2.24. The molecule has 0 saturated carbocycles. The van der Waals surface area contributed by atoms with Crippen LogP contribution in [0.15, 0.2) is 42.5 Å². The number of carbonyl (C=O) groups excluding carboxylic acids is 1. The van der Waals surface area contributed by atoms with E-state index >= 15 is 0 Å². The van der Waals surface area contributed by atoms with Crippen LogP contribution in [0, 0.1) is 0 Å². The molecule has 0 radical (unpaired) electrons. The van der Waals surface area contributed by atoms with Gasteiger partial charge in [0.2, 0.25) is 0 Å². The molecule has 2 aromatic carbocycles. The summed E-state index contributed by atoms with van der Waals surface area (Å²) in [6.07, 6.45) is 0.869. The number of ether oxygens (including phenoxy) is 3. The highest BCUT2D eigenvalue weighted by molar-refractivity contribution is 5.74. The predicted octanol–water partition coefficient (Wildman–Crippen LogP) is 2.86. The summed E-state index contributed by atoms with van der Waals surface area (Å²) in [6, 6.07) is 13.1. The fraction of sp³-hybridized carbons (Fsp3) is 0.316. The largest absolute Gasteiger partial charge is 0.496 e. The smallest absolute Gasteiger partial charge is 0.315 e. The van der Waals surface area contributed by atoms with Crippen LogP contribution in [0.2, 0.25) is 0 Å². The van der Waals surface area contributed by atoms with Gasteiger partial charge in [0.25, 0.3) is 0 Å². The van der Waals surface area contributed by atoms with Gasteiger partial charge in [0, 0.05) is 25.1 Å². The van der Waals surface area contributed by atoms with Gasteiger partial charge >= 0.3 is 6.03 Å². The Kier molecular flexibility index (Phi) is 5.61. The first-order chi connectivity index (χ1) is 12.3. The number of nitrogens with one attached hydrogen (secondary N) is 2. The van der Waals surface area contributed by atoms with Crippen molar-refractivity contribution in [3.8, 4) is 17.2 Å². The quantitative estimate of drug-likeness (QED) is 0.877. The Morgan fingerprint density at radius 3 is 2.64 bits per heavy atom. The van der Waals surface area contributed by atoms with Crippen LogP contribution in [0.4, 0.5) is 4.79 Å². The van der Waals surface area contributed by atoms with E-state index in [1.807, 2.05) is 42.5 Å². The summed E-state index contributed by atoms with van der Waals surface area (Å²) < 4.78 is 16.5. The van der Waals surface area contributed by atoms with Crippen molar-refractivity contribution in [2.45, 2.75) is 19.5 Å². The molecule has 6 heteroatoms. The van der Waals surface area contributed by atoms with Crippen LogP contribution in [-0.4, -0.2) is 26.4 Å². The van der Waals surface area contributed by atoms with Gasteiger partial charge in [-0.2, -0.15) is 0 Å². The second-order valence-corrected chi connectivity index (χ2v) is 5.68. The molecule has 1 aliphatic rings. The van der Waals surface area contributed by atoms with Crippen molar-refractivity contribution in [3.05, 3.63) is 53.6 Å². The van der Waals surface area contributed by atoms with Gasteiger partial charge in [0.15, 0.2) is 11.5 Å². The molecule has 0 saturated heterocycles. The second kappa shape index (κ2) is 8.28. The van der Waals surface area contributed by atoms with E-state index in [1.54, 1.807) is 7.11 Å². The number of amides is 2. The molecule has 0 aromatic heterocycles. The van der Waals surface area contributed by atoms with Crippen LogP contribution in [0.5, 0.6) is 17.2 Å². The molecule has 0 spiro atoms. The lowest BCUT2D eigenvalue weighted by atomic mass is 10.2. The molecule has 0 atom stereocenters. The fourth-order valence-corrected chi connectivity index (χ4v) is 2.59. The maximum atomic E-state index is 12.0. The van der Waals surface area contributed by atoms with Gasteiger partial charge in [-0.05, 0) is 23.8 Å². The standard InChI is InChI=1S/C19H22N2O4/c1-23-16-6-3-2-5-15(16)13-21-19(22)20-12-14-7-8-17-18(11-14)25-10-4-9-24-17/h2-3,5-8,11H,4,9-10,12-13H2,1H3,(H2,20,21,22). The number of fused-ring (bicyclic) bond motifs is 1. The van der Waals surface area contributed by atoms with E-state index in [1.165, 1.54) is 0 Å². The van der Waals surface area contributed by atoms with Crippen LogP contribution in [0.25, 0.3) is 0 Å². The third-order valence-electron chi connectivity index (χ3n) is 3.90. The Balaban J connectivity index is 1.51. The second-order valence-electron chi connectivity index (χ2n) is 5.68. The summed E-state index contributed by atoms with van der Waals surface area (Å²) in [4.78, 5) is 12.0. The molecule has 1 heterocycles. The predicted molar refractivity (Wildman–Crippen MR) is 94.1 cm³/mol. The Labute approximate surface area is 147 Å². The summed E-state index contributed by atoms with van der Waals surface area (Å²) in [6.45, 7) is 2.12. The van der Waals surface area contributed by atoms with Crippen LogP contribution < -0.4 is 24.8 Å². The van der Waals surface area contributed by atoms with Crippen molar-refractivity contribution < 1.29 is 19.0 Å². The number of urea groups is 1. The van der Waals surface area contributed by atoms with Gasteiger partial charge in [0.1, 0.15) is 5.75 Å². The van der Waals surface area contributed by atoms with E-state index in [0.29, 0.717) is 26.3 Å². The number of rotatable bonds is 5. The van der Waals surface area contributed by atoms with E-state index in [9.17, 15) is 4.79 Å². The Hall–Kier alpha value is -2.89. The minimum absolute atomic E-state index is 0.238. The molecule has 25 heavy (non-hydrogen) atoms. The first-order valence-corrected chi connectivity index (χ1v) is 8.28. The maximum absolute atomic E-state index is 12.0. The molecule has 0 unspecified atom stereocenters. The van der Waals surface area contributed by atoms with E-state index in [4.69, 9.17) is 14.2 Å². The number of hydrogen-bond donors (Lipinski definition) is 2. The first-order valence-electron chi connectivity index (χ1n) is 8.28. The average molecular weight is 342 g/mol. The zero-order valence-electron chi connectivity index (χ0n) is 14.2. The topological polar surface area (TPSA) is 68.8 Å². The minimum atomic E-state index is -0.238. The maximum Gasteiger partial charge on any atom is 0.315 e. The van der Waals surface area contributed by atoms with E-state index in [2.05, 4.69) is 10.6 Å². The van der Waals surface area contributed by atoms with Gasteiger partial charge < -0.3 is 24.8 Å². The lowest BCUT2D eigenvalue weighted by Gasteiger charge is -2.12. The van der Waals surface area contributed by atoms with Gasteiger partial charge in [-0.25, -0.2) is 4.79 Å². The summed E-state index contributed by atoms with van der Waals surface area (Å²) in [5, 5.41) is 5.67. The number of methoxy groups -OCH3 is 1. The van der Waals surface area contributed by atoms with Crippen molar-refractivity contribution in [1.82, 2.24) is 10.6 Å². The number of benzene rings is 2. The van der Waals surface area contributed by atoms with Gasteiger partial charge in [-0.15, -0.1) is 0 Å². The molecule has 2 amide bonds. The molecular formula is C19H22N2O4. The molecule has 1 aliphatic heterocycles.